The highest BCUT2D eigenvalue weighted by Gasteiger charge is 2.58. The molecule has 172 valence electrons. The quantitative estimate of drug-likeness (QED) is 0.257. The Balaban J connectivity index is 1.74. The van der Waals surface area contributed by atoms with E-state index in [1.165, 1.54) is 0 Å². The average Bonchev–Trinajstić information content (AvgIpc) is 3.49. The van der Waals surface area contributed by atoms with E-state index in [9.17, 15) is 29.4 Å². The number of hydrogen-bond donors (Lipinski definition) is 4. The number of nitrogens with one attached hydrogen (secondary N) is 2. The topological polar surface area (TPSA) is 151 Å². The number of benzene rings is 1. The molecular formula is C20H26BN2O8P. The monoisotopic (exact) mass is 464 g/mol. The van der Waals surface area contributed by atoms with Crippen LogP contribution < -0.4 is 10.4 Å². The van der Waals surface area contributed by atoms with Gasteiger partial charge >= 0.3 is 25.0 Å². The Morgan fingerprint density at radius 3 is 2.31 bits per heavy atom. The standard InChI is InChI=1S/C20H26BN2O8P/c24-16(25)10-20(11-17(26)27)19(29)30-21(31-20)15(9-13-6-7-13)22-18(28)14(23-32)8-12-4-2-1-3-5-12/h1-5,13-15,23H,6-11,32H2,(H,22,28)(H,24,25)(H,26,27)/t14-,15-/m0/s1. The fourth-order valence-corrected chi connectivity index (χ4v) is 4.03. The summed E-state index contributed by atoms with van der Waals surface area (Å²) in [5.74, 6) is -4.59. The van der Waals surface area contributed by atoms with Crippen molar-refractivity contribution < 1.29 is 38.7 Å². The van der Waals surface area contributed by atoms with Crippen molar-refractivity contribution in [3.8, 4) is 0 Å². The summed E-state index contributed by atoms with van der Waals surface area (Å²) in [5.41, 5.74) is -1.18. The number of carboxylic acids is 2. The average molecular weight is 464 g/mol. The van der Waals surface area contributed by atoms with Gasteiger partial charge < -0.3 is 24.8 Å². The molecule has 1 aromatic carbocycles. The Morgan fingerprint density at radius 2 is 1.78 bits per heavy atom. The van der Waals surface area contributed by atoms with Crippen molar-refractivity contribution in [2.75, 3.05) is 0 Å². The number of carbonyl (C=O) groups is 4. The summed E-state index contributed by atoms with van der Waals surface area (Å²) in [5, 5.41) is 24.1. The van der Waals surface area contributed by atoms with E-state index in [1.807, 2.05) is 30.3 Å². The molecule has 1 amide bonds. The van der Waals surface area contributed by atoms with E-state index >= 15 is 0 Å². The van der Waals surface area contributed by atoms with Crippen LogP contribution in [0, 0.1) is 5.92 Å². The molecule has 12 heteroatoms. The van der Waals surface area contributed by atoms with Gasteiger partial charge in [-0.15, -0.1) is 0 Å². The Bertz CT molecular complexity index is 850. The number of amides is 1. The van der Waals surface area contributed by atoms with Crippen LogP contribution in [0.15, 0.2) is 30.3 Å². The molecule has 1 aromatic rings. The third-order valence-electron chi connectivity index (χ3n) is 5.55. The maximum absolute atomic E-state index is 13.0. The summed E-state index contributed by atoms with van der Waals surface area (Å²) in [6.45, 7) is 0. The Morgan fingerprint density at radius 1 is 1.16 bits per heavy atom. The molecule has 32 heavy (non-hydrogen) atoms. The fraction of sp³-hybridized carbons (Fsp3) is 0.500. The highest BCUT2D eigenvalue weighted by Crippen LogP contribution is 2.37. The van der Waals surface area contributed by atoms with Crippen LogP contribution >= 0.6 is 9.39 Å². The number of hydrogen-bond acceptors (Lipinski definition) is 7. The smallest absolute Gasteiger partial charge is 0.506 e. The van der Waals surface area contributed by atoms with E-state index in [2.05, 4.69) is 19.8 Å². The highest BCUT2D eigenvalue weighted by atomic mass is 31.0. The Hall–Kier alpha value is -2.49. The first-order chi connectivity index (χ1) is 15.2. The molecular weight excluding hydrogens is 438 g/mol. The van der Waals surface area contributed by atoms with Gasteiger partial charge in [-0.25, -0.2) is 0 Å². The van der Waals surface area contributed by atoms with Crippen LogP contribution in [0.4, 0.5) is 0 Å². The van der Waals surface area contributed by atoms with Gasteiger partial charge in [0, 0.05) is 0 Å². The van der Waals surface area contributed by atoms with Gasteiger partial charge in [-0.2, -0.15) is 0 Å². The molecule has 2 aliphatic rings. The Labute approximate surface area is 187 Å². The summed E-state index contributed by atoms with van der Waals surface area (Å²) < 4.78 is 10.9. The summed E-state index contributed by atoms with van der Waals surface area (Å²) in [7, 11) is 1.05. The fourth-order valence-electron chi connectivity index (χ4n) is 3.76. The molecule has 0 radical (unpaired) electrons. The van der Waals surface area contributed by atoms with E-state index in [0.29, 0.717) is 18.8 Å². The molecule has 0 spiro atoms. The largest absolute Gasteiger partial charge is 0.552 e. The van der Waals surface area contributed by atoms with E-state index in [0.717, 1.165) is 18.4 Å². The van der Waals surface area contributed by atoms with Gasteiger partial charge in [-0.05, 0) is 24.3 Å². The lowest BCUT2D eigenvalue weighted by molar-refractivity contribution is -0.157. The molecule has 1 saturated heterocycles. The van der Waals surface area contributed by atoms with Gasteiger partial charge in [0.05, 0.1) is 24.8 Å². The van der Waals surface area contributed by atoms with Crippen LogP contribution in [0.3, 0.4) is 0 Å². The van der Waals surface area contributed by atoms with Gasteiger partial charge in [-0.1, -0.05) is 52.6 Å². The summed E-state index contributed by atoms with van der Waals surface area (Å²) in [4.78, 5) is 48.0. The molecule has 2 fully saturated rings. The zero-order valence-electron chi connectivity index (χ0n) is 17.4. The number of aliphatic carboxylic acids is 2. The summed E-state index contributed by atoms with van der Waals surface area (Å²) in [6.07, 6.45) is 1.11. The van der Waals surface area contributed by atoms with Crippen molar-refractivity contribution in [2.24, 2.45) is 5.92 Å². The molecule has 0 bridgehead atoms. The second-order valence-electron chi connectivity index (χ2n) is 8.23. The molecule has 0 aromatic heterocycles. The normalized spacial score (nSPS) is 19.2. The van der Waals surface area contributed by atoms with E-state index in [-0.39, 0.29) is 5.91 Å². The lowest BCUT2D eigenvalue weighted by Gasteiger charge is -2.25. The molecule has 3 atom stereocenters. The zero-order valence-corrected chi connectivity index (χ0v) is 18.5. The third-order valence-corrected chi connectivity index (χ3v) is 5.95. The maximum Gasteiger partial charge on any atom is 0.552 e. The summed E-state index contributed by atoms with van der Waals surface area (Å²) in [6, 6.07) is 8.84. The van der Waals surface area contributed by atoms with Gasteiger partial charge in [0.25, 0.3) is 0 Å². The van der Waals surface area contributed by atoms with Crippen LogP contribution in [0.25, 0.3) is 0 Å². The number of carbonyl (C=O) groups excluding carboxylic acids is 2. The number of rotatable bonds is 12. The lowest BCUT2D eigenvalue weighted by Crippen LogP contribution is -2.53. The van der Waals surface area contributed by atoms with Crippen molar-refractivity contribution in [3.05, 3.63) is 35.9 Å². The second-order valence-corrected chi connectivity index (χ2v) is 8.56. The van der Waals surface area contributed by atoms with Crippen molar-refractivity contribution in [2.45, 2.75) is 56.1 Å². The van der Waals surface area contributed by atoms with Crippen LogP contribution in [0.1, 0.15) is 37.7 Å². The maximum atomic E-state index is 13.0. The molecule has 3 rings (SSSR count). The van der Waals surface area contributed by atoms with Gasteiger partial charge in [-0.3, -0.25) is 24.3 Å². The SMILES string of the molecule is O=C(O)CC1(CC(=O)O)OB([C@H](CC2CC2)NC(=O)[C@H](Cc2ccccc2)NP)OC1=O. The molecule has 1 heterocycles. The van der Waals surface area contributed by atoms with Gasteiger partial charge in [0.1, 0.15) is 0 Å². The van der Waals surface area contributed by atoms with Crippen molar-refractivity contribution in [1.29, 1.82) is 0 Å². The first kappa shape index (κ1) is 24.2. The minimum atomic E-state index is -2.13. The predicted octanol–water partition coefficient (Wildman–Crippen LogP) is 0.551. The minimum absolute atomic E-state index is 0.313. The molecule has 1 aliphatic carbocycles. The van der Waals surface area contributed by atoms with Crippen molar-refractivity contribution in [3.63, 3.8) is 0 Å². The van der Waals surface area contributed by atoms with Gasteiger partial charge in [0.2, 0.25) is 5.91 Å². The first-order valence-electron chi connectivity index (χ1n) is 10.4. The summed E-state index contributed by atoms with van der Waals surface area (Å²) >= 11 is 0. The molecule has 4 N–H and O–H groups in total. The predicted molar refractivity (Wildman–Crippen MR) is 116 cm³/mol. The minimum Gasteiger partial charge on any atom is -0.506 e. The first-order valence-corrected chi connectivity index (χ1v) is 10.9. The zero-order chi connectivity index (χ0) is 23.3. The van der Waals surface area contributed by atoms with Crippen molar-refractivity contribution in [1.82, 2.24) is 10.4 Å². The van der Waals surface area contributed by atoms with E-state index in [1.54, 1.807) is 0 Å². The second kappa shape index (κ2) is 10.4. The molecule has 1 saturated carbocycles. The number of carboxylic acid groups (broad SMARTS) is 2. The van der Waals surface area contributed by atoms with Crippen LogP contribution in [-0.2, 0) is 34.9 Å². The van der Waals surface area contributed by atoms with Crippen molar-refractivity contribution >= 4 is 40.3 Å². The van der Waals surface area contributed by atoms with E-state index < -0.39 is 55.5 Å². The van der Waals surface area contributed by atoms with Crippen LogP contribution in [0.5, 0.6) is 0 Å². The molecule has 10 nitrogen and oxygen atoms in total. The van der Waals surface area contributed by atoms with E-state index in [4.69, 9.17) is 9.31 Å². The van der Waals surface area contributed by atoms with Gasteiger partial charge in [0.15, 0.2) is 5.60 Å². The molecule has 1 unspecified atom stereocenters. The van der Waals surface area contributed by atoms with Crippen LogP contribution in [-0.4, -0.2) is 58.7 Å². The Kier molecular flexibility index (Phi) is 7.87. The highest BCUT2D eigenvalue weighted by molar-refractivity contribution is 7.13. The lowest BCUT2D eigenvalue weighted by atomic mass is 9.75. The third kappa shape index (κ3) is 6.28. The van der Waals surface area contributed by atoms with Crippen LogP contribution in [0.2, 0.25) is 0 Å². The molecule has 1 aliphatic heterocycles.